The minimum Gasteiger partial charge on any atom is -0.486 e. The first-order valence-electron chi connectivity index (χ1n) is 22.0. The highest BCUT2D eigenvalue weighted by Gasteiger charge is 2.67. The summed E-state index contributed by atoms with van der Waals surface area (Å²) in [6, 6.07) is 11.1. The molecule has 2 heterocycles. The Morgan fingerprint density at radius 3 is 2.13 bits per heavy atom. The van der Waals surface area contributed by atoms with E-state index in [-0.39, 0.29) is 48.3 Å². The third-order valence-corrected chi connectivity index (χ3v) is 12.1. The maximum absolute atomic E-state index is 14.1. The zero-order chi connectivity index (χ0) is 46.3. The summed E-state index contributed by atoms with van der Waals surface area (Å²) < 4.78 is 47.7. The molecule has 2 aromatic carbocycles. The van der Waals surface area contributed by atoms with E-state index in [1.165, 1.54) is 4.90 Å². The Labute approximate surface area is 371 Å². The molecule has 15 nitrogen and oxygen atoms in total. The van der Waals surface area contributed by atoms with Crippen molar-refractivity contribution in [3.63, 3.8) is 0 Å². The SMILES string of the molecule is CC(C)(C)OC(=O)N[C@H](CC(=O)OCc1ccccc1)C(=O)N1CC(Oc2ccc(CCB3O[C@@H]4C[C@@H]5C[C@@H](C5(C)C)[C@]4(C)O3)c(OC(=O)OC(C)(C)C)c2C(=O)OC(C)(C)C)C1. The number of rotatable bonds is 13. The summed E-state index contributed by atoms with van der Waals surface area (Å²) in [5, 5.41) is 2.53. The number of benzene rings is 2. The second kappa shape index (κ2) is 18.0. The molecular formula is C47H65BN2O13. The molecule has 16 heteroatoms. The number of hydrogen-bond acceptors (Lipinski definition) is 13. The van der Waals surface area contributed by atoms with Gasteiger partial charge in [-0.2, -0.15) is 0 Å². The first-order valence-corrected chi connectivity index (χ1v) is 22.0. The van der Waals surface area contributed by atoms with E-state index >= 15 is 0 Å². The Morgan fingerprint density at radius 2 is 1.51 bits per heavy atom. The van der Waals surface area contributed by atoms with Crippen LogP contribution in [-0.4, -0.2) is 95.9 Å². The van der Waals surface area contributed by atoms with Gasteiger partial charge in [0.25, 0.3) is 0 Å². The van der Waals surface area contributed by atoms with Gasteiger partial charge in [-0.3, -0.25) is 9.59 Å². The molecule has 2 amide bonds. The standard InChI is InChI=1S/C47H65BN2O13/c1-43(2,3)59-40(53)37-33(57-31-25-50(26-31)39(52)32(49-41(54)60-44(4,5)6)24-36(51)56-27-28-16-14-13-15-17-28)19-18-29(38(37)58-42(55)61-45(7,8)9)20-21-48-62-35-23-30-22-34(46(30,10)11)47(35,12)63-48/h13-19,30-32,34-35H,20-27H2,1-12H3,(H,49,54)/t30-,32+,34-,35+,47-/m0/s1. The lowest BCUT2D eigenvalue weighted by Crippen LogP contribution is -2.65. The lowest BCUT2D eigenvalue weighted by atomic mass is 9.43. The summed E-state index contributed by atoms with van der Waals surface area (Å²) in [4.78, 5) is 68.6. The van der Waals surface area contributed by atoms with Crippen molar-refractivity contribution in [2.45, 2.75) is 162 Å². The molecule has 5 aliphatic rings. The fraction of sp³-hybridized carbons (Fsp3) is 0.638. The van der Waals surface area contributed by atoms with Crippen molar-refractivity contribution in [3.05, 3.63) is 59.2 Å². The van der Waals surface area contributed by atoms with Crippen LogP contribution in [0.3, 0.4) is 0 Å². The van der Waals surface area contributed by atoms with Crippen LogP contribution in [0, 0.1) is 17.3 Å². The van der Waals surface area contributed by atoms with Gasteiger partial charge in [-0.15, -0.1) is 0 Å². The van der Waals surface area contributed by atoms with Gasteiger partial charge in [0.2, 0.25) is 5.91 Å². The largest absolute Gasteiger partial charge is 0.514 e. The molecule has 3 saturated carbocycles. The highest BCUT2D eigenvalue weighted by molar-refractivity contribution is 6.45. The van der Waals surface area contributed by atoms with Gasteiger partial charge in [-0.05, 0) is 129 Å². The molecule has 3 aliphatic carbocycles. The van der Waals surface area contributed by atoms with Crippen molar-refractivity contribution in [2.75, 3.05) is 13.1 Å². The number of likely N-dealkylation sites (tertiary alicyclic amines) is 1. The molecule has 0 spiro atoms. The molecule has 2 saturated heterocycles. The maximum Gasteiger partial charge on any atom is 0.514 e. The van der Waals surface area contributed by atoms with Crippen LogP contribution in [0.25, 0.3) is 0 Å². The zero-order valence-electron chi connectivity index (χ0n) is 38.9. The zero-order valence-corrected chi connectivity index (χ0v) is 38.9. The van der Waals surface area contributed by atoms with Gasteiger partial charge in [0, 0.05) is 0 Å². The number of alkyl carbamates (subject to hydrolysis) is 1. The first kappa shape index (κ1) is 47.6. The van der Waals surface area contributed by atoms with Crippen LogP contribution in [-0.2, 0) is 50.9 Å². The van der Waals surface area contributed by atoms with E-state index < -0.39 is 78.2 Å². The Morgan fingerprint density at radius 1 is 0.857 bits per heavy atom. The fourth-order valence-electron chi connectivity index (χ4n) is 8.95. The average molecular weight is 877 g/mol. The molecule has 0 radical (unpaired) electrons. The monoisotopic (exact) mass is 876 g/mol. The molecule has 0 unspecified atom stereocenters. The van der Waals surface area contributed by atoms with E-state index in [4.69, 9.17) is 37.7 Å². The number of amides is 2. The van der Waals surface area contributed by atoms with Crippen LogP contribution in [0.2, 0.25) is 6.32 Å². The predicted molar refractivity (Wildman–Crippen MR) is 232 cm³/mol. The van der Waals surface area contributed by atoms with E-state index in [1.54, 1.807) is 86.6 Å². The molecule has 344 valence electrons. The van der Waals surface area contributed by atoms with Crippen LogP contribution in [0.15, 0.2) is 42.5 Å². The van der Waals surface area contributed by atoms with E-state index in [0.717, 1.165) is 18.4 Å². The number of ether oxygens (including phenoxy) is 6. The van der Waals surface area contributed by atoms with E-state index in [2.05, 4.69) is 26.1 Å². The van der Waals surface area contributed by atoms with Crippen molar-refractivity contribution < 1.29 is 61.7 Å². The molecular weight excluding hydrogens is 811 g/mol. The number of nitrogens with zero attached hydrogens (tertiary/aromatic N) is 1. The van der Waals surface area contributed by atoms with Gasteiger partial charge in [0.15, 0.2) is 5.75 Å². The Balaban J connectivity index is 1.20. The highest BCUT2D eigenvalue weighted by Crippen LogP contribution is 2.65. The molecule has 1 N–H and O–H groups in total. The minimum atomic E-state index is -1.30. The maximum atomic E-state index is 14.1. The van der Waals surface area contributed by atoms with Crippen LogP contribution in [0.5, 0.6) is 11.5 Å². The first-order chi connectivity index (χ1) is 29.2. The number of aryl methyl sites for hydroxylation is 1. The quantitative estimate of drug-likeness (QED) is 0.0893. The van der Waals surface area contributed by atoms with Gasteiger partial charge >= 0.3 is 31.3 Å². The van der Waals surface area contributed by atoms with Crippen LogP contribution in [0.1, 0.15) is 124 Å². The topological polar surface area (TPSA) is 174 Å². The summed E-state index contributed by atoms with van der Waals surface area (Å²) in [6.07, 6.45) is -0.216. The number of esters is 2. The molecule has 2 bridgehead atoms. The number of carbonyl (C=O) groups is 5. The Hall–Kier alpha value is -4.83. The van der Waals surface area contributed by atoms with Gasteiger partial charge in [-0.1, -0.05) is 50.2 Å². The molecule has 5 fully saturated rings. The predicted octanol–water partition coefficient (Wildman–Crippen LogP) is 7.84. The molecule has 2 aromatic rings. The summed E-state index contributed by atoms with van der Waals surface area (Å²) in [5.74, 6) is -1.10. The van der Waals surface area contributed by atoms with Crippen molar-refractivity contribution in [3.8, 4) is 11.5 Å². The van der Waals surface area contributed by atoms with E-state index in [1.807, 2.05) is 18.2 Å². The summed E-state index contributed by atoms with van der Waals surface area (Å²) in [5.41, 5.74) is -1.78. The smallest absolute Gasteiger partial charge is 0.486 e. The van der Waals surface area contributed by atoms with Crippen molar-refractivity contribution in [1.29, 1.82) is 0 Å². The fourth-order valence-corrected chi connectivity index (χ4v) is 8.95. The second-order valence-corrected chi connectivity index (χ2v) is 21.0. The van der Waals surface area contributed by atoms with Gasteiger partial charge in [0.1, 0.15) is 46.9 Å². The normalized spacial score (nSPS) is 23.3. The summed E-state index contributed by atoms with van der Waals surface area (Å²) in [7, 11) is -0.511. The Kier molecular flexibility index (Phi) is 13.6. The van der Waals surface area contributed by atoms with Gasteiger partial charge in [0.05, 0.1) is 31.2 Å². The summed E-state index contributed by atoms with van der Waals surface area (Å²) >= 11 is 0. The molecule has 2 aliphatic heterocycles. The van der Waals surface area contributed by atoms with Crippen LogP contribution >= 0.6 is 0 Å². The number of carbonyl (C=O) groups excluding carboxylic acids is 5. The molecule has 5 atom stereocenters. The molecule has 0 aromatic heterocycles. The number of nitrogens with one attached hydrogen (secondary N) is 1. The molecule has 63 heavy (non-hydrogen) atoms. The van der Waals surface area contributed by atoms with Crippen LogP contribution < -0.4 is 14.8 Å². The van der Waals surface area contributed by atoms with E-state index in [0.29, 0.717) is 30.1 Å². The lowest BCUT2D eigenvalue weighted by Gasteiger charge is -2.64. The van der Waals surface area contributed by atoms with E-state index in [9.17, 15) is 24.0 Å². The average Bonchev–Trinajstić information content (AvgIpc) is 3.48. The Bertz CT molecular complexity index is 2030. The highest BCUT2D eigenvalue weighted by atomic mass is 16.7. The second-order valence-electron chi connectivity index (χ2n) is 21.0. The van der Waals surface area contributed by atoms with Crippen molar-refractivity contribution in [1.82, 2.24) is 10.2 Å². The van der Waals surface area contributed by atoms with Crippen molar-refractivity contribution >= 4 is 37.2 Å². The van der Waals surface area contributed by atoms with Crippen molar-refractivity contribution in [2.24, 2.45) is 17.3 Å². The molecule has 7 rings (SSSR count). The summed E-state index contributed by atoms with van der Waals surface area (Å²) in [6.45, 7) is 22.2. The van der Waals surface area contributed by atoms with Gasteiger partial charge in [-0.25, -0.2) is 14.4 Å². The third-order valence-electron chi connectivity index (χ3n) is 12.1. The lowest BCUT2D eigenvalue weighted by molar-refractivity contribution is -0.199. The number of hydrogen-bond donors (Lipinski definition) is 1. The van der Waals surface area contributed by atoms with Crippen LogP contribution in [0.4, 0.5) is 9.59 Å². The minimum absolute atomic E-state index is 0.00756. The third kappa shape index (κ3) is 11.7. The van der Waals surface area contributed by atoms with Gasteiger partial charge < -0.3 is 47.9 Å².